The fourth-order valence-corrected chi connectivity index (χ4v) is 3.20. The van der Waals surface area contributed by atoms with Crippen LogP contribution in [-0.4, -0.2) is 39.1 Å². The lowest BCUT2D eigenvalue weighted by atomic mass is 10.1. The number of hydrogen-bond acceptors (Lipinski definition) is 4. The second-order valence-corrected chi connectivity index (χ2v) is 6.50. The van der Waals surface area contributed by atoms with Gasteiger partial charge in [0.15, 0.2) is 0 Å². The van der Waals surface area contributed by atoms with E-state index in [2.05, 4.69) is 5.32 Å². The number of amides is 2. The number of hydrogen-bond donors (Lipinski definition) is 1. The van der Waals surface area contributed by atoms with Crippen LogP contribution in [0.1, 0.15) is 12.0 Å². The second-order valence-electron chi connectivity index (χ2n) is 6.50. The molecule has 0 aliphatic carbocycles. The number of rotatable bonds is 7. The number of ether oxygens (including phenoxy) is 2. The number of carbonyl (C=O) groups excluding carboxylic acids is 2. The first-order valence-electron chi connectivity index (χ1n) is 8.96. The van der Waals surface area contributed by atoms with Crippen LogP contribution >= 0.6 is 0 Å². The Kier molecular flexibility index (Phi) is 5.96. The van der Waals surface area contributed by atoms with Gasteiger partial charge in [0, 0.05) is 25.2 Å². The molecular weight excluding hydrogens is 344 g/mol. The third-order valence-corrected chi connectivity index (χ3v) is 4.73. The topological polar surface area (TPSA) is 67.9 Å². The van der Waals surface area contributed by atoms with E-state index in [1.807, 2.05) is 48.5 Å². The van der Waals surface area contributed by atoms with Crippen LogP contribution in [-0.2, 0) is 16.0 Å². The standard InChI is InChI=1S/C21H24N2O4/c1-26-18-8-6-17(7-9-18)23-14-16(13-20(23)24)21(25)22-11-10-15-4-3-5-19(12-15)27-2/h3-9,12,16H,10-11,13-14H2,1-2H3,(H,22,25). The van der Waals surface area contributed by atoms with Crippen molar-refractivity contribution in [1.82, 2.24) is 5.32 Å². The number of methoxy groups -OCH3 is 2. The molecule has 6 nitrogen and oxygen atoms in total. The van der Waals surface area contributed by atoms with Crippen molar-refractivity contribution in [3.8, 4) is 11.5 Å². The molecule has 2 aromatic rings. The number of benzene rings is 2. The van der Waals surface area contributed by atoms with E-state index in [4.69, 9.17) is 9.47 Å². The molecule has 0 bridgehead atoms. The van der Waals surface area contributed by atoms with Gasteiger partial charge in [0.25, 0.3) is 0 Å². The minimum absolute atomic E-state index is 0.0342. The molecule has 1 aliphatic rings. The van der Waals surface area contributed by atoms with E-state index in [1.165, 1.54) is 0 Å². The van der Waals surface area contributed by atoms with Crippen molar-refractivity contribution in [2.24, 2.45) is 5.92 Å². The van der Waals surface area contributed by atoms with Crippen LogP contribution in [0.25, 0.3) is 0 Å². The molecule has 3 rings (SSSR count). The molecule has 0 saturated carbocycles. The van der Waals surface area contributed by atoms with E-state index >= 15 is 0 Å². The molecule has 2 aromatic carbocycles. The molecule has 27 heavy (non-hydrogen) atoms. The molecule has 1 saturated heterocycles. The Morgan fingerprint density at radius 3 is 2.56 bits per heavy atom. The van der Waals surface area contributed by atoms with Crippen LogP contribution in [0.3, 0.4) is 0 Å². The lowest BCUT2D eigenvalue weighted by molar-refractivity contribution is -0.126. The zero-order chi connectivity index (χ0) is 19.2. The van der Waals surface area contributed by atoms with Gasteiger partial charge in [0.2, 0.25) is 11.8 Å². The van der Waals surface area contributed by atoms with Crippen LogP contribution in [0.2, 0.25) is 0 Å². The second kappa shape index (κ2) is 8.58. The highest BCUT2D eigenvalue weighted by Crippen LogP contribution is 2.26. The van der Waals surface area contributed by atoms with E-state index < -0.39 is 0 Å². The maximum Gasteiger partial charge on any atom is 0.227 e. The summed E-state index contributed by atoms with van der Waals surface area (Å²) in [6.45, 7) is 0.926. The summed E-state index contributed by atoms with van der Waals surface area (Å²) in [4.78, 5) is 26.4. The molecule has 0 spiro atoms. The van der Waals surface area contributed by atoms with Crippen LogP contribution in [0.4, 0.5) is 5.69 Å². The zero-order valence-corrected chi connectivity index (χ0v) is 15.6. The molecular formula is C21H24N2O4. The van der Waals surface area contributed by atoms with Crippen molar-refractivity contribution in [3.05, 3.63) is 54.1 Å². The largest absolute Gasteiger partial charge is 0.497 e. The summed E-state index contributed by atoms with van der Waals surface area (Å²) in [7, 11) is 3.23. The predicted octanol–water partition coefficient (Wildman–Crippen LogP) is 2.42. The van der Waals surface area contributed by atoms with Crippen LogP contribution in [0.15, 0.2) is 48.5 Å². The smallest absolute Gasteiger partial charge is 0.227 e. The molecule has 0 aromatic heterocycles. The highest BCUT2D eigenvalue weighted by molar-refractivity contribution is 6.00. The number of anilines is 1. The minimum Gasteiger partial charge on any atom is -0.497 e. The molecule has 142 valence electrons. The minimum atomic E-state index is -0.329. The fourth-order valence-electron chi connectivity index (χ4n) is 3.20. The highest BCUT2D eigenvalue weighted by Gasteiger charge is 2.34. The van der Waals surface area contributed by atoms with Gasteiger partial charge in [-0.2, -0.15) is 0 Å². The molecule has 1 heterocycles. The first-order valence-corrected chi connectivity index (χ1v) is 8.96. The Hall–Kier alpha value is -3.02. The van der Waals surface area contributed by atoms with Crippen LogP contribution < -0.4 is 19.7 Å². The van der Waals surface area contributed by atoms with E-state index in [9.17, 15) is 9.59 Å². The zero-order valence-electron chi connectivity index (χ0n) is 15.6. The van der Waals surface area contributed by atoms with Gasteiger partial charge in [-0.1, -0.05) is 12.1 Å². The number of carbonyl (C=O) groups is 2. The van der Waals surface area contributed by atoms with Crippen LogP contribution in [0.5, 0.6) is 11.5 Å². The van der Waals surface area contributed by atoms with Crippen molar-refractivity contribution in [3.63, 3.8) is 0 Å². The molecule has 1 aliphatic heterocycles. The van der Waals surface area contributed by atoms with Gasteiger partial charge in [0.1, 0.15) is 11.5 Å². The first-order chi connectivity index (χ1) is 13.1. The van der Waals surface area contributed by atoms with Gasteiger partial charge in [-0.25, -0.2) is 0 Å². The quantitative estimate of drug-likeness (QED) is 0.815. The highest BCUT2D eigenvalue weighted by atomic mass is 16.5. The molecule has 1 fully saturated rings. The maximum absolute atomic E-state index is 12.4. The summed E-state index contributed by atoms with van der Waals surface area (Å²) >= 11 is 0. The molecule has 6 heteroatoms. The molecule has 2 amide bonds. The number of nitrogens with one attached hydrogen (secondary N) is 1. The van der Waals surface area contributed by atoms with E-state index in [0.717, 1.165) is 22.7 Å². The summed E-state index contributed by atoms with van der Waals surface area (Å²) in [6, 6.07) is 15.1. The normalized spacial score (nSPS) is 16.3. The van der Waals surface area contributed by atoms with Crippen LogP contribution in [0, 0.1) is 5.92 Å². The third-order valence-electron chi connectivity index (χ3n) is 4.73. The van der Waals surface area contributed by atoms with Gasteiger partial charge >= 0.3 is 0 Å². The summed E-state index contributed by atoms with van der Waals surface area (Å²) in [6.07, 6.45) is 0.947. The van der Waals surface area contributed by atoms with Gasteiger partial charge in [-0.05, 0) is 48.4 Å². The van der Waals surface area contributed by atoms with Gasteiger partial charge in [-0.3, -0.25) is 9.59 Å². The predicted molar refractivity (Wildman–Crippen MR) is 103 cm³/mol. The molecule has 0 radical (unpaired) electrons. The lowest BCUT2D eigenvalue weighted by Gasteiger charge is -2.17. The Morgan fingerprint density at radius 1 is 1.11 bits per heavy atom. The Bertz CT molecular complexity index is 804. The fraction of sp³-hybridized carbons (Fsp3) is 0.333. The lowest BCUT2D eigenvalue weighted by Crippen LogP contribution is -2.34. The van der Waals surface area contributed by atoms with Gasteiger partial charge in [-0.15, -0.1) is 0 Å². The van der Waals surface area contributed by atoms with Crippen molar-refractivity contribution < 1.29 is 19.1 Å². The van der Waals surface area contributed by atoms with Crippen molar-refractivity contribution in [1.29, 1.82) is 0 Å². The molecule has 1 atom stereocenters. The first kappa shape index (κ1) is 18.8. The van der Waals surface area contributed by atoms with Crippen molar-refractivity contribution in [2.45, 2.75) is 12.8 Å². The average Bonchev–Trinajstić information content (AvgIpc) is 3.10. The Balaban J connectivity index is 1.52. The summed E-state index contributed by atoms with van der Waals surface area (Å²) < 4.78 is 10.3. The average molecular weight is 368 g/mol. The third kappa shape index (κ3) is 4.58. The SMILES string of the molecule is COc1ccc(N2CC(C(=O)NCCc3cccc(OC)c3)CC2=O)cc1. The summed E-state index contributed by atoms with van der Waals surface area (Å²) in [5.41, 5.74) is 1.88. The van der Waals surface area contributed by atoms with Crippen molar-refractivity contribution in [2.75, 3.05) is 32.2 Å². The monoisotopic (exact) mass is 368 g/mol. The Labute approximate surface area is 159 Å². The molecule has 1 unspecified atom stereocenters. The summed E-state index contributed by atoms with van der Waals surface area (Å²) in [5, 5.41) is 2.94. The molecule has 1 N–H and O–H groups in total. The van der Waals surface area contributed by atoms with Gasteiger partial charge < -0.3 is 19.7 Å². The summed E-state index contributed by atoms with van der Waals surface area (Å²) in [5.74, 6) is 1.09. The number of nitrogens with zero attached hydrogens (tertiary/aromatic N) is 1. The Morgan fingerprint density at radius 2 is 1.85 bits per heavy atom. The maximum atomic E-state index is 12.4. The van der Waals surface area contributed by atoms with Gasteiger partial charge in [0.05, 0.1) is 20.1 Å². The van der Waals surface area contributed by atoms with E-state index in [-0.39, 0.29) is 24.2 Å². The van der Waals surface area contributed by atoms with E-state index in [1.54, 1.807) is 19.1 Å². The van der Waals surface area contributed by atoms with Crippen molar-refractivity contribution >= 4 is 17.5 Å². The van der Waals surface area contributed by atoms with E-state index in [0.29, 0.717) is 19.5 Å².